The van der Waals surface area contributed by atoms with E-state index in [1.807, 2.05) is 39.8 Å². The van der Waals surface area contributed by atoms with Crippen molar-refractivity contribution in [3.05, 3.63) is 46.6 Å². The predicted molar refractivity (Wildman–Crippen MR) is 103 cm³/mol. The highest BCUT2D eigenvalue weighted by molar-refractivity contribution is 6.04. The van der Waals surface area contributed by atoms with Crippen molar-refractivity contribution < 1.29 is 14.3 Å². The van der Waals surface area contributed by atoms with Crippen molar-refractivity contribution in [1.82, 2.24) is 14.7 Å². The molecule has 0 radical (unpaired) electrons. The van der Waals surface area contributed by atoms with Crippen LogP contribution in [0.4, 0.5) is 10.6 Å². The second kappa shape index (κ2) is 7.06. The average Bonchev–Trinajstić information content (AvgIpc) is 2.89. The second-order valence-corrected chi connectivity index (χ2v) is 7.87. The Kier molecular flexibility index (Phi) is 4.95. The minimum atomic E-state index is -0.547. The fourth-order valence-corrected chi connectivity index (χ4v) is 3.02. The third-order valence-corrected chi connectivity index (χ3v) is 4.39. The quantitative estimate of drug-likeness (QED) is 0.880. The number of aromatic nitrogens is 2. The van der Waals surface area contributed by atoms with Gasteiger partial charge in [-0.05, 0) is 39.8 Å². The van der Waals surface area contributed by atoms with Crippen LogP contribution in [0, 0.1) is 6.92 Å². The predicted octanol–water partition coefficient (Wildman–Crippen LogP) is 3.27. The smallest absolute Gasteiger partial charge is 0.410 e. The summed E-state index contributed by atoms with van der Waals surface area (Å²) in [6.45, 7) is 8.42. The molecular formula is C20H26N4O3. The normalized spacial score (nSPS) is 13.9. The van der Waals surface area contributed by atoms with Crippen LogP contribution in [0.1, 0.15) is 48.0 Å². The molecule has 0 bridgehead atoms. The van der Waals surface area contributed by atoms with Gasteiger partial charge in [0.2, 0.25) is 0 Å². The molecule has 7 heteroatoms. The van der Waals surface area contributed by atoms with Gasteiger partial charge in [-0.15, -0.1) is 0 Å². The van der Waals surface area contributed by atoms with Crippen LogP contribution in [0.5, 0.6) is 0 Å². The van der Waals surface area contributed by atoms with Crippen LogP contribution >= 0.6 is 0 Å². The van der Waals surface area contributed by atoms with Gasteiger partial charge in [0.1, 0.15) is 11.4 Å². The molecule has 27 heavy (non-hydrogen) atoms. The standard InChI is InChI=1S/C20H26N4O3/c1-13-6-8-14(9-7-13)18(25)21-17-15-12-24(19(26)27-20(2,3)4)11-10-16(15)22-23(17)5/h6-9H,10-12H2,1-5H3,(H,21,25). The molecule has 3 rings (SSSR count). The molecule has 1 N–H and O–H groups in total. The molecule has 0 saturated heterocycles. The van der Waals surface area contributed by atoms with E-state index in [0.29, 0.717) is 30.9 Å². The van der Waals surface area contributed by atoms with Gasteiger partial charge in [0, 0.05) is 31.1 Å². The highest BCUT2D eigenvalue weighted by Gasteiger charge is 2.30. The van der Waals surface area contributed by atoms with E-state index in [2.05, 4.69) is 10.4 Å². The Labute approximate surface area is 159 Å². The Hall–Kier alpha value is -2.83. The van der Waals surface area contributed by atoms with Gasteiger partial charge in [-0.1, -0.05) is 17.7 Å². The number of hydrogen-bond donors (Lipinski definition) is 1. The lowest BCUT2D eigenvalue weighted by atomic mass is 10.1. The van der Waals surface area contributed by atoms with E-state index in [0.717, 1.165) is 16.8 Å². The van der Waals surface area contributed by atoms with Crippen LogP contribution in [0.25, 0.3) is 0 Å². The number of amides is 2. The van der Waals surface area contributed by atoms with Gasteiger partial charge in [-0.25, -0.2) is 4.79 Å². The van der Waals surface area contributed by atoms with Gasteiger partial charge in [0.05, 0.1) is 12.2 Å². The van der Waals surface area contributed by atoms with E-state index < -0.39 is 5.60 Å². The molecular weight excluding hydrogens is 344 g/mol. The molecule has 0 spiro atoms. The zero-order valence-corrected chi connectivity index (χ0v) is 16.5. The van der Waals surface area contributed by atoms with Crippen molar-refractivity contribution >= 4 is 17.8 Å². The molecule has 1 aromatic heterocycles. The third kappa shape index (κ3) is 4.30. The average molecular weight is 370 g/mol. The summed E-state index contributed by atoms with van der Waals surface area (Å²) in [6.07, 6.45) is 0.274. The molecule has 0 saturated carbocycles. The van der Waals surface area contributed by atoms with Crippen molar-refractivity contribution in [2.75, 3.05) is 11.9 Å². The number of fused-ring (bicyclic) bond motifs is 1. The van der Waals surface area contributed by atoms with Crippen molar-refractivity contribution in [2.45, 2.75) is 46.3 Å². The lowest BCUT2D eigenvalue weighted by Gasteiger charge is -2.29. The Morgan fingerprint density at radius 2 is 1.85 bits per heavy atom. The molecule has 144 valence electrons. The van der Waals surface area contributed by atoms with Gasteiger partial charge in [0.25, 0.3) is 5.91 Å². The van der Waals surface area contributed by atoms with Crippen LogP contribution in [0.2, 0.25) is 0 Å². The summed E-state index contributed by atoms with van der Waals surface area (Å²) in [5.41, 5.74) is 2.88. The largest absolute Gasteiger partial charge is 0.444 e. The summed E-state index contributed by atoms with van der Waals surface area (Å²) in [4.78, 5) is 26.7. The van der Waals surface area contributed by atoms with Crippen LogP contribution in [-0.4, -0.2) is 38.8 Å². The van der Waals surface area contributed by atoms with Crippen LogP contribution < -0.4 is 5.32 Å². The fourth-order valence-electron chi connectivity index (χ4n) is 3.02. The summed E-state index contributed by atoms with van der Waals surface area (Å²) in [6, 6.07) is 7.39. The van der Waals surface area contributed by atoms with Crippen LogP contribution in [0.15, 0.2) is 24.3 Å². The summed E-state index contributed by atoms with van der Waals surface area (Å²) >= 11 is 0. The zero-order chi connectivity index (χ0) is 19.8. The van der Waals surface area contributed by atoms with E-state index in [1.54, 1.807) is 28.8 Å². The monoisotopic (exact) mass is 370 g/mol. The van der Waals surface area contributed by atoms with Gasteiger partial charge in [0.15, 0.2) is 0 Å². The first-order chi connectivity index (χ1) is 12.6. The summed E-state index contributed by atoms with van der Waals surface area (Å²) in [5.74, 6) is 0.416. The maximum atomic E-state index is 12.6. The number of anilines is 1. The Morgan fingerprint density at radius 3 is 2.48 bits per heavy atom. The summed E-state index contributed by atoms with van der Waals surface area (Å²) in [7, 11) is 1.79. The summed E-state index contributed by atoms with van der Waals surface area (Å²) in [5, 5.41) is 7.45. The van der Waals surface area contributed by atoms with Crippen molar-refractivity contribution in [2.24, 2.45) is 7.05 Å². The molecule has 2 aromatic rings. The fraction of sp³-hybridized carbons (Fsp3) is 0.450. The van der Waals surface area contributed by atoms with Crippen molar-refractivity contribution in [3.63, 3.8) is 0 Å². The number of aryl methyl sites for hydroxylation is 2. The first-order valence-corrected chi connectivity index (χ1v) is 9.05. The number of hydrogen-bond acceptors (Lipinski definition) is 4. The number of benzene rings is 1. The Balaban J connectivity index is 1.79. The maximum Gasteiger partial charge on any atom is 0.410 e. The van der Waals surface area contributed by atoms with E-state index in [1.165, 1.54) is 0 Å². The third-order valence-electron chi connectivity index (χ3n) is 4.39. The van der Waals surface area contributed by atoms with E-state index in [4.69, 9.17) is 4.74 Å². The maximum absolute atomic E-state index is 12.6. The summed E-state index contributed by atoms with van der Waals surface area (Å²) < 4.78 is 7.13. The minimum Gasteiger partial charge on any atom is -0.444 e. The van der Waals surface area contributed by atoms with Crippen molar-refractivity contribution in [3.8, 4) is 0 Å². The SMILES string of the molecule is Cc1ccc(C(=O)Nc2c3c(nn2C)CCN(C(=O)OC(C)(C)C)C3)cc1. The lowest BCUT2D eigenvalue weighted by molar-refractivity contribution is 0.0224. The highest BCUT2D eigenvalue weighted by atomic mass is 16.6. The molecule has 0 aliphatic carbocycles. The number of nitrogens with zero attached hydrogens (tertiary/aromatic N) is 3. The van der Waals surface area contributed by atoms with Crippen molar-refractivity contribution in [1.29, 1.82) is 0 Å². The first-order valence-electron chi connectivity index (χ1n) is 9.05. The Bertz CT molecular complexity index is 863. The van der Waals surface area contributed by atoms with Gasteiger partial charge < -0.3 is 15.0 Å². The number of carbonyl (C=O) groups is 2. The first kappa shape index (κ1) is 18.9. The molecule has 1 aliphatic heterocycles. The number of rotatable bonds is 2. The molecule has 2 heterocycles. The molecule has 0 fully saturated rings. The van der Waals surface area contributed by atoms with E-state index in [9.17, 15) is 9.59 Å². The van der Waals surface area contributed by atoms with Gasteiger partial charge >= 0.3 is 6.09 Å². The van der Waals surface area contributed by atoms with Crippen LogP contribution in [-0.2, 0) is 24.8 Å². The Morgan fingerprint density at radius 1 is 1.19 bits per heavy atom. The van der Waals surface area contributed by atoms with Gasteiger partial charge in [-0.3, -0.25) is 9.48 Å². The molecule has 7 nitrogen and oxygen atoms in total. The minimum absolute atomic E-state index is 0.199. The number of carbonyl (C=O) groups excluding carboxylic acids is 2. The zero-order valence-electron chi connectivity index (χ0n) is 16.5. The molecule has 0 atom stereocenters. The van der Waals surface area contributed by atoms with Crippen LogP contribution in [0.3, 0.4) is 0 Å². The number of ether oxygens (including phenoxy) is 1. The highest BCUT2D eigenvalue weighted by Crippen LogP contribution is 2.27. The molecule has 1 aliphatic rings. The lowest BCUT2D eigenvalue weighted by Crippen LogP contribution is -2.40. The number of nitrogens with one attached hydrogen (secondary N) is 1. The van der Waals surface area contributed by atoms with Gasteiger partial charge in [-0.2, -0.15) is 5.10 Å². The molecule has 0 unspecified atom stereocenters. The topological polar surface area (TPSA) is 76.5 Å². The van der Waals surface area contributed by atoms with E-state index in [-0.39, 0.29) is 12.0 Å². The molecule has 2 amide bonds. The second-order valence-electron chi connectivity index (χ2n) is 7.87. The van der Waals surface area contributed by atoms with E-state index >= 15 is 0 Å². The molecule has 1 aromatic carbocycles.